The quantitative estimate of drug-likeness (QED) is 0.765. The van der Waals surface area contributed by atoms with Gasteiger partial charge >= 0.3 is 6.03 Å². The third-order valence-corrected chi connectivity index (χ3v) is 3.48. The Morgan fingerprint density at radius 1 is 1.21 bits per heavy atom. The molecule has 2 aromatic rings. The average molecular weight is 350 g/mol. The maximum absolute atomic E-state index is 11.6. The van der Waals surface area contributed by atoms with Crippen molar-refractivity contribution in [1.82, 2.24) is 15.5 Å². The fourth-order valence-electron chi connectivity index (χ4n) is 1.95. The number of urea groups is 1. The van der Waals surface area contributed by atoms with E-state index in [4.69, 9.17) is 16.3 Å². The molecule has 2 amide bonds. The number of methoxy groups -OCH3 is 1. The van der Waals surface area contributed by atoms with Crippen LogP contribution in [-0.4, -0.2) is 29.4 Å². The standard InChI is InChI=1S/C16H20ClN5O2/c1-9(2)18-16(23)20-15-6-5-14(21-22-15)19-12-7-10(3)11(17)8-13(12)24-4/h5-9H,1-4H3,(H,19,21)(H2,18,20,22,23). The molecule has 0 aliphatic carbocycles. The zero-order valence-electron chi connectivity index (χ0n) is 14.0. The highest BCUT2D eigenvalue weighted by molar-refractivity contribution is 6.31. The SMILES string of the molecule is COc1cc(Cl)c(C)cc1Nc1ccc(NC(=O)NC(C)C)nn1. The molecular weight excluding hydrogens is 330 g/mol. The lowest BCUT2D eigenvalue weighted by atomic mass is 10.2. The number of halogens is 1. The number of aryl methyl sites for hydroxylation is 1. The number of carbonyl (C=O) groups is 1. The first-order valence-electron chi connectivity index (χ1n) is 7.41. The van der Waals surface area contributed by atoms with Gasteiger partial charge in [0.05, 0.1) is 12.8 Å². The predicted octanol–water partition coefficient (Wildman–Crippen LogP) is 3.72. The fourth-order valence-corrected chi connectivity index (χ4v) is 2.10. The molecule has 0 unspecified atom stereocenters. The summed E-state index contributed by atoms with van der Waals surface area (Å²) in [6, 6.07) is 6.69. The second-order valence-electron chi connectivity index (χ2n) is 5.48. The van der Waals surface area contributed by atoms with Crippen LogP contribution in [0.1, 0.15) is 19.4 Å². The summed E-state index contributed by atoms with van der Waals surface area (Å²) in [5, 5.41) is 17.1. The summed E-state index contributed by atoms with van der Waals surface area (Å²) in [6.45, 7) is 5.65. The van der Waals surface area contributed by atoms with Crippen LogP contribution in [0.2, 0.25) is 5.02 Å². The molecule has 3 N–H and O–H groups in total. The van der Waals surface area contributed by atoms with Gasteiger partial charge in [-0.25, -0.2) is 4.79 Å². The molecule has 7 nitrogen and oxygen atoms in total. The molecule has 8 heteroatoms. The van der Waals surface area contributed by atoms with Crippen molar-refractivity contribution in [3.8, 4) is 5.75 Å². The largest absolute Gasteiger partial charge is 0.495 e. The number of benzene rings is 1. The van der Waals surface area contributed by atoms with E-state index in [2.05, 4.69) is 26.1 Å². The van der Waals surface area contributed by atoms with Crippen LogP contribution in [0.5, 0.6) is 5.75 Å². The van der Waals surface area contributed by atoms with E-state index in [1.54, 1.807) is 25.3 Å². The summed E-state index contributed by atoms with van der Waals surface area (Å²) in [5.74, 6) is 1.48. The zero-order chi connectivity index (χ0) is 17.7. The number of amides is 2. The molecular formula is C16H20ClN5O2. The van der Waals surface area contributed by atoms with Crippen molar-refractivity contribution in [2.45, 2.75) is 26.8 Å². The minimum atomic E-state index is -0.324. The molecule has 0 spiro atoms. The first-order valence-corrected chi connectivity index (χ1v) is 7.79. The number of hydrogen-bond donors (Lipinski definition) is 3. The Bertz CT molecular complexity index is 719. The molecule has 128 valence electrons. The third-order valence-electron chi connectivity index (χ3n) is 3.07. The van der Waals surface area contributed by atoms with Crippen molar-refractivity contribution in [1.29, 1.82) is 0 Å². The smallest absolute Gasteiger partial charge is 0.320 e. The number of anilines is 3. The van der Waals surface area contributed by atoms with Gasteiger partial charge in [-0.1, -0.05) is 11.6 Å². The van der Waals surface area contributed by atoms with E-state index in [1.807, 2.05) is 26.8 Å². The Morgan fingerprint density at radius 2 is 1.88 bits per heavy atom. The van der Waals surface area contributed by atoms with Crippen molar-refractivity contribution in [2.24, 2.45) is 0 Å². The van der Waals surface area contributed by atoms with Crippen molar-refractivity contribution in [3.05, 3.63) is 34.9 Å². The maximum Gasteiger partial charge on any atom is 0.320 e. The molecule has 0 fully saturated rings. The van der Waals surface area contributed by atoms with Gasteiger partial charge in [0.2, 0.25) is 0 Å². The number of nitrogens with zero attached hydrogens (tertiary/aromatic N) is 2. The summed E-state index contributed by atoms with van der Waals surface area (Å²) in [4.78, 5) is 11.6. The van der Waals surface area contributed by atoms with E-state index < -0.39 is 0 Å². The fraction of sp³-hybridized carbons (Fsp3) is 0.312. The minimum absolute atomic E-state index is 0.0412. The molecule has 2 rings (SSSR count). The Morgan fingerprint density at radius 3 is 2.46 bits per heavy atom. The van der Waals surface area contributed by atoms with Gasteiger partial charge in [0, 0.05) is 17.1 Å². The Balaban J connectivity index is 2.09. The van der Waals surface area contributed by atoms with E-state index in [9.17, 15) is 4.79 Å². The average Bonchev–Trinajstić information content (AvgIpc) is 2.51. The first kappa shape index (κ1) is 17.8. The van der Waals surface area contributed by atoms with Crippen LogP contribution in [0.4, 0.5) is 22.1 Å². The van der Waals surface area contributed by atoms with Gasteiger partial charge in [0.25, 0.3) is 0 Å². The normalized spacial score (nSPS) is 10.4. The molecule has 1 heterocycles. The van der Waals surface area contributed by atoms with Crippen LogP contribution in [0.25, 0.3) is 0 Å². The van der Waals surface area contributed by atoms with E-state index >= 15 is 0 Å². The van der Waals surface area contributed by atoms with Crippen LogP contribution in [0.3, 0.4) is 0 Å². The van der Waals surface area contributed by atoms with Gasteiger partial charge in [-0.15, -0.1) is 10.2 Å². The van der Waals surface area contributed by atoms with Crippen LogP contribution in [0.15, 0.2) is 24.3 Å². The monoisotopic (exact) mass is 349 g/mol. The molecule has 0 saturated heterocycles. The first-order chi connectivity index (χ1) is 11.4. The van der Waals surface area contributed by atoms with Crippen molar-refractivity contribution < 1.29 is 9.53 Å². The summed E-state index contributed by atoms with van der Waals surface area (Å²) >= 11 is 6.09. The highest BCUT2D eigenvalue weighted by atomic mass is 35.5. The second-order valence-corrected chi connectivity index (χ2v) is 5.89. The van der Waals surface area contributed by atoms with Crippen molar-refractivity contribution in [3.63, 3.8) is 0 Å². The highest BCUT2D eigenvalue weighted by Crippen LogP contribution is 2.32. The third kappa shape index (κ3) is 4.73. The van der Waals surface area contributed by atoms with Crippen LogP contribution < -0.4 is 20.7 Å². The highest BCUT2D eigenvalue weighted by Gasteiger charge is 2.09. The Kier molecular flexibility index (Phi) is 5.81. The van der Waals surface area contributed by atoms with Crippen LogP contribution in [-0.2, 0) is 0 Å². The summed E-state index contributed by atoms with van der Waals surface area (Å²) < 4.78 is 5.31. The van der Waals surface area contributed by atoms with E-state index in [0.29, 0.717) is 22.4 Å². The minimum Gasteiger partial charge on any atom is -0.495 e. The second kappa shape index (κ2) is 7.83. The number of aromatic nitrogens is 2. The molecule has 0 aliphatic heterocycles. The zero-order valence-corrected chi connectivity index (χ0v) is 14.7. The number of rotatable bonds is 5. The topological polar surface area (TPSA) is 88.2 Å². The number of ether oxygens (including phenoxy) is 1. The molecule has 0 atom stereocenters. The van der Waals surface area contributed by atoms with Crippen LogP contribution in [0, 0.1) is 6.92 Å². The molecule has 0 saturated carbocycles. The summed E-state index contributed by atoms with van der Waals surface area (Å²) in [7, 11) is 1.57. The summed E-state index contributed by atoms with van der Waals surface area (Å²) in [5.41, 5.74) is 1.64. The number of nitrogens with one attached hydrogen (secondary N) is 3. The van der Waals surface area contributed by atoms with Crippen molar-refractivity contribution >= 4 is 35.0 Å². The van der Waals surface area contributed by atoms with E-state index in [1.165, 1.54) is 0 Å². The molecule has 0 bridgehead atoms. The number of carbonyl (C=O) groups excluding carboxylic acids is 1. The van der Waals surface area contributed by atoms with Gasteiger partial charge in [-0.3, -0.25) is 5.32 Å². The maximum atomic E-state index is 11.6. The van der Waals surface area contributed by atoms with Gasteiger partial charge in [0.1, 0.15) is 5.75 Å². The Labute approximate surface area is 145 Å². The molecule has 0 aliphatic rings. The van der Waals surface area contributed by atoms with E-state index in [0.717, 1.165) is 11.3 Å². The molecule has 1 aromatic heterocycles. The molecule has 1 aromatic carbocycles. The summed E-state index contributed by atoms with van der Waals surface area (Å²) in [6.07, 6.45) is 0. The van der Waals surface area contributed by atoms with Gasteiger partial charge in [-0.05, 0) is 44.5 Å². The lowest BCUT2D eigenvalue weighted by molar-refractivity contribution is 0.250. The lowest BCUT2D eigenvalue weighted by Crippen LogP contribution is -2.34. The van der Waals surface area contributed by atoms with Crippen molar-refractivity contribution in [2.75, 3.05) is 17.7 Å². The van der Waals surface area contributed by atoms with Gasteiger partial charge in [0.15, 0.2) is 11.6 Å². The van der Waals surface area contributed by atoms with Crippen LogP contribution >= 0.6 is 11.6 Å². The lowest BCUT2D eigenvalue weighted by Gasteiger charge is -2.13. The van der Waals surface area contributed by atoms with Gasteiger partial charge in [-0.2, -0.15) is 0 Å². The molecule has 24 heavy (non-hydrogen) atoms. The Hall–Kier alpha value is -2.54. The predicted molar refractivity (Wildman–Crippen MR) is 95.3 cm³/mol. The van der Waals surface area contributed by atoms with E-state index in [-0.39, 0.29) is 12.1 Å². The molecule has 0 radical (unpaired) electrons. The van der Waals surface area contributed by atoms with Gasteiger partial charge < -0.3 is 15.4 Å². The number of hydrogen-bond acceptors (Lipinski definition) is 5.